The highest BCUT2D eigenvalue weighted by molar-refractivity contribution is 6.03. The Labute approximate surface area is 309 Å². The molecule has 7 rings (SSSR count). The van der Waals surface area contributed by atoms with E-state index >= 15 is 13.2 Å². The van der Waals surface area contributed by atoms with Gasteiger partial charge in [-0.15, -0.1) is 0 Å². The van der Waals surface area contributed by atoms with E-state index in [2.05, 4.69) is 20.9 Å². The molecule has 11 heteroatoms. The van der Waals surface area contributed by atoms with E-state index < -0.39 is 23.3 Å². The summed E-state index contributed by atoms with van der Waals surface area (Å²) >= 11 is 0. The van der Waals surface area contributed by atoms with E-state index in [1.807, 2.05) is 55.3 Å². The number of halogens is 3. The number of ether oxygens (including phenoxy) is 1. The van der Waals surface area contributed by atoms with Crippen LogP contribution in [0, 0.1) is 11.6 Å². The Morgan fingerprint density at radius 2 is 1.83 bits per heavy atom. The van der Waals surface area contributed by atoms with Crippen LogP contribution in [0.4, 0.5) is 13.2 Å². The molecule has 1 amide bonds. The number of Topliss-reactive ketones (excluding diaryl/α,β-unsaturated/α-hetero) is 1. The fourth-order valence-electron chi connectivity index (χ4n) is 8.34. The zero-order valence-electron chi connectivity index (χ0n) is 31.1. The van der Waals surface area contributed by atoms with Gasteiger partial charge in [0.05, 0.1) is 11.7 Å². The second kappa shape index (κ2) is 14.7. The average Bonchev–Trinajstić information content (AvgIpc) is 3.48. The van der Waals surface area contributed by atoms with Gasteiger partial charge in [-0.1, -0.05) is 31.2 Å². The van der Waals surface area contributed by atoms with E-state index in [9.17, 15) is 9.59 Å². The number of rotatable bonds is 10. The molecule has 1 N–H and O–H groups in total. The fraction of sp³-hybridized carbons (Fsp3) is 0.452. The quantitative estimate of drug-likeness (QED) is 0.184. The zero-order valence-corrected chi connectivity index (χ0v) is 31.1. The van der Waals surface area contributed by atoms with Crippen LogP contribution in [0.3, 0.4) is 0 Å². The summed E-state index contributed by atoms with van der Waals surface area (Å²) in [6, 6.07) is 11.0. The maximum absolute atomic E-state index is 16.1. The van der Waals surface area contributed by atoms with E-state index in [4.69, 9.17) is 4.74 Å². The molecule has 0 spiro atoms. The van der Waals surface area contributed by atoms with Crippen molar-refractivity contribution < 1.29 is 27.5 Å². The molecule has 2 aromatic heterocycles. The van der Waals surface area contributed by atoms with Crippen molar-refractivity contribution >= 4 is 28.7 Å². The number of para-hydroxylation sites is 1. The maximum atomic E-state index is 16.1. The van der Waals surface area contributed by atoms with Gasteiger partial charge < -0.3 is 14.6 Å². The molecule has 0 radical (unpaired) electrons. The number of likely N-dealkylation sites (N-methyl/N-ethyl adjacent to an activating group) is 1. The summed E-state index contributed by atoms with van der Waals surface area (Å²) in [4.78, 5) is 39.4. The van der Waals surface area contributed by atoms with Crippen LogP contribution in [0.25, 0.3) is 17.0 Å². The van der Waals surface area contributed by atoms with Gasteiger partial charge in [0.15, 0.2) is 12.4 Å². The van der Waals surface area contributed by atoms with Crippen molar-refractivity contribution in [2.75, 3.05) is 33.3 Å². The third kappa shape index (κ3) is 7.64. The Bertz CT molecular complexity index is 2040. The van der Waals surface area contributed by atoms with Crippen molar-refractivity contribution in [3.63, 3.8) is 0 Å². The number of allylic oxidation sites excluding steroid dienone is 1. The lowest BCUT2D eigenvalue weighted by Gasteiger charge is -2.43. The number of carbonyl (C=O) groups is 2. The number of nitrogens with one attached hydrogen (secondary N) is 1. The zero-order chi connectivity index (χ0) is 37.6. The minimum atomic E-state index is -1.60. The first kappa shape index (κ1) is 36.9. The number of aromatic nitrogens is 2. The van der Waals surface area contributed by atoms with Gasteiger partial charge in [-0.05, 0) is 80.9 Å². The number of amides is 1. The van der Waals surface area contributed by atoms with Crippen LogP contribution in [0.1, 0.15) is 86.6 Å². The molecular formula is C42H48F3N5O3. The van der Waals surface area contributed by atoms with Gasteiger partial charge in [0, 0.05) is 92.2 Å². The first-order valence-corrected chi connectivity index (χ1v) is 18.6. The van der Waals surface area contributed by atoms with Crippen molar-refractivity contribution in [2.24, 2.45) is 0 Å². The minimum absolute atomic E-state index is 0.000357. The number of likely N-dealkylation sites (tertiary alicyclic amines) is 1. The van der Waals surface area contributed by atoms with E-state index in [0.29, 0.717) is 31.5 Å². The standard InChI is InChI=1S/C42H48F3N5O3/c1-6-27-17-36-28(18-37(27)51)16-26(21-46-36)22-49-13-11-29(12-14-49)48(5)38(52)23-53-30-19-33(43)39(34(44)20-30)41-40-32(31-9-7-8-10-35(31)47-40)15-25(2)50(41)24-42(3,4)45/h7-10,16-17,19-21,25,29,41,47H,6,11-15,18,22-24H2,1-5H3/t25-,41-/m1/s1. The van der Waals surface area contributed by atoms with Crippen molar-refractivity contribution in [2.45, 2.75) is 90.1 Å². The molecule has 1 fully saturated rings. The number of carbonyl (C=O) groups excluding carboxylic acids is 2. The molecule has 3 aliphatic rings. The van der Waals surface area contributed by atoms with Crippen molar-refractivity contribution in [1.82, 2.24) is 24.7 Å². The molecule has 280 valence electrons. The molecule has 1 aliphatic carbocycles. The van der Waals surface area contributed by atoms with Crippen LogP contribution in [0.15, 0.2) is 54.2 Å². The Balaban J connectivity index is 0.993. The third-order valence-electron chi connectivity index (χ3n) is 11.1. The fourth-order valence-corrected chi connectivity index (χ4v) is 8.34. The van der Waals surface area contributed by atoms with Crippen LogP contribution < -0.4 is 4.74 Å². The van der Waals surface area contributed by atoms with Gasteiger partial charge in [-0.3, -0.25) is 24.4 Å². The molecule has 4 heterocycles. The number of ketones is 1. The summed E-state index contributed by atoms with van der Waals surface area (Å²) in [6.45, 7) is 8.77. The molecule has 53 heavy (non-hydrogen) atoms. The number of hydrogen-bond acceptors (Lipinski definition) is 6. The van der Waals surface area contributed by atoms with E-state index in [1.165, 1.54) is 13.8 Å². The largest absolute Gasteiger partial charge is 0.484 e. The van der Waals surface area contributed by atoms with Crippen LogP contribution in [0.5, 0.6) is 5.75 Å². The van der Waals surface area contributed by atoms with Gasteiger partial charge in [-0.25, -0.2) is 13.2 Å². The lowest BCUT2D eigenvalue weighted by Crippen LogP contribution is -2.48. The number of pyridine rings is 1. The van der Waals surface area contributed by atoms with Gasteiger partial charge in [0.1, 0.15) is 23.1 Å². The van der Waals surface area contributed by atoms with Gasteiger partial charge >= 0.3 is 0 Å². The summed E-state index contributed by atoms with van der Waals surface area (Å²) in [7, 11) is 1.74. The highest BCUT2D eigenvalue weighted by atomic mass is 19.1. The van der Waals surface area contributed by atoms with Crippen LogP contribution in [-0.2, 0) is 29.0 Å². The Morgan fingerprint density at radius 1 is 1.11 bits per heavy atom. The van der Waals surface area contributed by atoms with Crippen molar-refractivity contribution in [1.29, 1.82) is 0 Å². The van der Waals surface area contributed by atoms with Gasteiger partial charge in [0.25, 0.3) is 5.91 Å². The van der Waals surface area contributed by atoms with Crippen LogP contribution >= 0.6 is 0 Å². The van der Waals surface area contributed by atoms with Gasteiger partial charge in [-0.2, -0.15) is 0 Å². The average molecular weight is 728 g/mol. The highest BCUT2D eigenvalue weighted by Crippen LogP contribution is 2.44. The molecule has 0 bridgehead atoms. The number of hydrogen-bond donors (Lipinski definition) is 1. The number of H-pyrrole nitrogens is 1. The summed E-state index contributed by atoms with van der Waals surface area (Å²) in [5, 5.41) is 0.987. The predicted octanol–water partition coefficient (Wildman–Crippen LogP) is 7.35. The van der Waals surface area contributed by atoms with E-state index in [1.54, 1.807) is 11.9 Å². The molecule has 4 aromatic rings. The summed E-state index contributed by atoms with van der Waals surface area (Å²) < 4.78 is 53.0. The normalized spacial score (nSPS) is 19.9. The molecule has 2 aliphatic heterocycles. The second-order valence-corrected chi connectivity index (χ2v) is 15.5. The Kier molecular flexibility index (Phi) is 10.3. The molecular weight excluding hydrogens is 679 g/mol. The molecule has 2 aromatic carbocycles. The van der Waals surface area contributed by atoms with E-state index in [-0.39, 0.29) is 48.2 Å². The summed E-state index contributed by atoms with van der Waals surface area (Å²) in [6.07, 6.45) is 7.01. The van der Waals surface area contributed by atoms with Crippen LogP contribution in [0.2, 0.25) is 0 Å². The number of nitrogens with zero attached hydrogens (tertiary/aromatic N) is 4. The number of benzene rings is 2. The lowest BCUT2D eigenvalue weighted by molar-refractivity contribution is -0.135. The maximum Gasteiger partial charge on any atom is 0.260 e. The molecule has 8 nitrogen and oxygen atoms in total. The third-order valence-corrected chi connectivity index (χ3v) is 11.1. The topological polar surface area (TPSA) is 81.8 Å². The number of piperidine rings is 1. The van der Waals surface area contributed by atoms with E-state index in [0.717, 1.165) is 76.9 Å². The SMILES string of the molecule is CCC1=Cc2ncc(CN3CCC(N(C)C(=O)COc4cc(F)c([C@@H]5c6[nH]c7ccccc7c6C[C@@H](C)N5CC(C)(C)F)c(F)c4)CC3)cc2CC1=O. The smallest absolute Gasteiger partial charge is 0.260 e. The number of alkyl halides is 1. The number of fused-ring (bicyclic) bond motifs is 4. The first-order chi connectivity index (χ1) is 25.3. The van der Waals surface area contributed by atoms with Crippen LogP contribution in [-0.4, -0.2) is 87.4 Å². The molecule has 2 atom stereocenters. The Hall–Kier alpha value is -4.48. The summed E-state index contributed by atoms with van der Waals surface area (Å²) in [5.41, 5.74) is 4.43. The summed E-state index contributed by atoms with van der Waals surface area (Å²) in [5.74, 6) is -1.84. The number of aromatic amines is 1. The first-order valence-electron chi connectivity index (χ1n) is 18.6. The molecule has 0 saturated carbocycles. The molecule has 1 saturated heterocycles. The second-order valence-electron chi connectivity index (χ2n) is 15.5. The predicted molar refractivity (Wildman–Crippen MR) is 199 cm³/mol. The highest BCUT2D eigenvalue weighted by Gasteiger charge is 2.41. The molecule has 0 unspecified atom stereocenters. The monoisotopic (exact) mass is 727 g/mol. The Morgan fingerprint density at radius 3 is 2.53 bits per heavy atom. The van der Waals surface area contributed by atoms with Gasteiger partial charge in [0.2, 0.25) is 0 Å². The van der Waals surface area contributed by atoms with Crippen molar-refractivity contribution in [3.8, 4) is 5.75 Å². The minimum Gasteiger partial charge on any atom is -0.484 e. The lowest BCUT2D eigenvalue weighted by atomic mass is 9.87. The van der Waals surface area contributed by atoms with Crippen molar-refractivity contribution in [3.05, 3.63) is 99.5 Å².